The smallest absolute Gasteiger partial charge is 0.261 e. The second-order valence-electron chi connectivity index (χ2n) is 4.71. The van der Waals surface area contributed by atoms with Crippen molar-refractivity contribution in [3.8, 4) is 0 Å². The summed E-state index contributed by atoms with van der Waals surface area (Å²) in [5.41, 5.74) is 2.53. The van der Waals surface area contributed by atoms with E-state index in [0.717, 1.165) is 5.69 Å². The quantitative estimate of drug-likeness (QED) is 0.943. The predicted octanol–water partition coefficient (Wildman–Crippen LogP) is 3.26. The van der Waals surface area contributed by atoms with Gasteiger partial charge < -0.3 is 14.7 Å². The molecule has 1 amide bonds. The first-order chi connectivity index (χ1) is 9.40. The molecule has 1 N–H and O–H groups in total. The number of aromatic nitrogens is 1. The molecule has 2 rings (SSSR count). The fraction of sp³-hybridized carbons (Fsp3) is 0.286. The summed E-state index contributed by atoms with van der Waals surface area (Å²) in [4.78, 5) is 14.2. The van der Waals surface area contributed by atoms with Crippen LogP contribution in [0.3, 0.4) is 0 Å². The lowest BCUT2D eigenvalue weighted by atomic mass is 10.1. The minimum absolute atomic E-state index is 0.258. The molecule has 20 heavy (non-hydrogen) atoms. The van der Waals surface area contributed by atoms with Gasteiger partial charge in [-0.15, -0.1) is 0 Å². The van der Waals surface area contributed by atoms with E-state index in [1.807, 2.05) is 25.1 Å². The van der Waals surface area contributed by atoms with Crippen LogP contribution in [0, 0.1) is 13.8 Å². The molecule has 6 heteroatoms. The van der Waals surface area contributed by atoms with E-state index in [-0.39, 0.29) is 5.91 Å². The SMILES string of the molecule is Cc1noc(C)c1C(=O)Nc1cc(Cl)ccc1N(C)C. The lowest BCUT2D eigenvalue weighted by Gasteiger charge is -2.18. The van der Waals surface area contributed by atoms with Crippen LogP contribution in [0.5, 0.6) is 0 Å². The zero-order valence-electron chi connectivity index (χ0n) is 11.8. The van der Waals surface area contributed by atoms with Gasteiger partial charge in [0, 0.05) is 19.1 Å². The van der Waals surface area contributed by atoms with E-state index in [0.29, 0.717) is 27.7 Å². The van der Waals surface area contributed by atoms with Crippen molar-refractivity contribution in [2.45, 2.75) is 13.8 Å². The number of aryl methyl sites for hydroxylation is 2. The summed E-state index contributed by atoms with van der Waals surface area (Å²) in [6.07, 6.45) is 0. The van der Waals surface area contributed by atoms with Crippen LogP contribution in [-0.2, 0) is 0 Å². The molecule has 0 spiro atoms. The van der Waals surface area contributed by atoms with E-state index in [4.69, 9.17) is 16.1 Å². The molecule has 1 aromatic carbocycles. The third kappa shape index (κ3) is 2.77. The summed E-state index contributed by atoms with van der Waals surface area (Å²) < 4.78 is 5.01. The van der Waals surface area contributed by atoms with Gasteiger partial charge in [-0.3, -0.25) is 4.79 Å². The summed E-state index contributed by atoms with van der Waals surface area (Å²) in [7, 11) is 3.80. The molecular formula is C14H16ClN3O2. The average Bonchev–Trinajstić information content (AvgIpc) is 2.68. The van der Waals surface area contributed by atoms with Crippen LogP contribution in [0.15, 0.2) is 22.7 Å². The molecule has 0 fully saturated rings. The van der Waals surface area contributed by atoms with Gasteiger partial charge in [0.25, 0.3) is 5.91 Å². The van der Waals surface area contributed by atoms with E-state index in [1.165, 1.54) is 0 Å². The Bertz CT molecular complexity index is 630. The van der Waals surface area contributed by atoms with E-state index >= 15 is 0 Å². The lowest BCUT2D eigenvalue weighted by molar-refractivity contribution is 0.102. The van der Waals surface area contributed by atoms with Crippen molar-refractivity contribution >= 4 is 28.9 Å². The molecule has 0 aliphatic heterocycles. The van der Waals surface area contributed by atoms with E-state index in [1.54, 1.807) is 26.0 Å². The largest absolute Gasteiger partial charge is 0.376 e. The molecule has 1 aromatic heterocycles. The van der Waals surface area contributed by atoms with Gasteiger partial charge in [0.15, 0.2) is 0 Å². The molecule has 0 aliphatic carbocycles. The van der Waals surface area contributed by atoms with Gasteiger partial charge in [0.1, 0.15) is 11.3 Å². The number of nitrogens with one attached hydrogen (secondary N) is 1. The van der Waals surface area contributed by atoms with Gasteiger partial charge in [0.2, 0.25) is 0 Å². The number of amides is 1. The average molecular weight is 294 g/mol. The molecule has 5 nitrogen and oxygen atoms in total. The summed E-state index contributed by atoms with van der Waals surface area (Å²) in [5, 5.41) is 7.19. The minimum Gasteiger partial charge on any atom is -0.376 e. The van der Waals surface area contributed by atoms with Crippen molar-refractivity contribution in [3.63, 3.8) is 0 Å². The van der Waals surface area contributed by atoms with Gasteiger partial charge in [-0.05, 0) is 32.0 Å². The first kappa shape index (κ1) is 14.4. The van der Waals surface area contributed by atoms with Crippen molar-refractivity contribution in [1.29, 1.82) is 0 Å². The third-order valence-corrected chi connectivity index (χ3v) is 3.18. The summed E-state index contributed by atoms with van der Waals surface area (Å²) in [5.74, 6) is 0.236. The number of anilines is 2. The molecule has 0 saturated carbocycles. The zero-order chi connectivity index (χ0) is 14.9. The van der Waals surface area contributed by atoms with E-state index in [2.05, 4.69) is 10.5 Å². The van der Waals surface area contributed by atoms with Crippen LogP contribution in [0.4, 0.5) is 11.4 Å². The van der Waals surface area contributed by atoms with Crippen LogP contribution in [0.1, 0.15) is 21.8 Å². The zero-order valence-corrected chi connectivity index (χ0v) is 12.6. The van der Waals surface area contributed by atoms with Crippen LogP contribution >= 0.6 is 11.6 Å². The first-order valence-corrected chi connectivity index (χ1v) is 6.49. The number of halogens is 1. The Hall–Kier alpha value is -2.01. The molecule has 0 radical (unpaired) electrons. The highest BCUT2D eigenvalue weighted by Crippen LogP contribution is 2.28. The molecule has 0 unspecified atom stereocenters. The molecule has 0 saturated heterocycles. The van der Waals surface area contributed by atoms with Gasteiger partial charge in [0.05, 0.1) is 17.1 Å². The highest BCUT2D eigenvalue weighted by molar-refractivity contribution is 6.31. The molecule has 0 bridgehead atoms. The normalized spacial score (nSPS) is 10.4. The predicted molar refractivity (Wildman–Crippen MR) is 79.7 cm³/mol. The van der Waals surface area contributed by atoms with E-state index < -0.39 is 0 Å². The number of rotatable bonds is 3. The van der Waals surface area contributed by atoms with Crippen molar-refractivity contribution in [2.24, 2.45) is 0 Å². The van der Waals surface area contributed by atoms with Crippen LogP contribution in [0.2, 0.25) is 5.02 Å². The van der Waals surface area contributed by atoms with Crippen molar-refractivity contribution in [2.75, 3.05) is 24.3 Å². The maximum atomic E-state index is 12.3. The third-order valence-electron chi connectivity index (χ3n) is 2.95. The molecule has 0 aliphatic rings. The number of carbonyl (C=O) groups excluding carboxylic acids is 1. The van der Waals surface area contributed by atoms with Crippen molar-refractivity contribution < 1.29 is 9.32 Å². The molecule has 0 atom stereocenters. The second-order valence-corrected chi connectivity index (χ2v) is 5.15. The fourth-order valence-electron chi connectivity index (χ4n) is 1.99. The highest BCUT2D eigenvalue weighted by Gasteiger charge is 2.19. The number of hydrogen-bond donors (Lipinski definition) is 1. The second kappa shape index (κ2) is 5.54. The fourth-order valence-corrected chi connectivity index (χ4v) is 2.16. The molecule has 2 aromatic rings. The number of nitrogens with zero attached hydrogens (tertiary/aromatic N) is 2. The maximum absolute atomic E-state index is 12.3. The number of hydrogen-bond acceptors (Lipinski definition) is 4. The molecule has 1 heterocycles. The lowest BCUT2D eigenvalue weighted by Crippen LogP contribution is -2.17. The van der Waals surface area contributed by atoms with Gasteiger partial charge >= 0.3 is 0 Å². The highest BCUT2D eigenvalue weighted by atomic mass is 35.5. The Kier molecular flexibility index (Phi) is 3.99. The number of carbonyl (C=O) groups is 1. The van der Waals surface area contributed by atoms with Gasteiger partial charge in [-0.25, -0.2) is 0 Å². The van der Waals surface area contributed by atoms with E-state index in [9.17, 15) is 4.79 Å². The summed E-state index contributed by atoms with van der Waals surface area (Å²) in [6, 6.07) is 5.35. The van der Waals surface area contributed by atoms with Crippen LogP contribution in [0.25, 0.3) is 0 Å². The summed E-state index contributed by atoms with van der Waals surface area (Å²) in [6.45, 7) is 3.44. The Morgan fingerprint density at radius 3 is 2.60 bits per heavy atom. The standard InChI is InChI=1S/C14H16ClN3O2/c1-8-13(9(2)20-17-8)14(19)16-11-7-10(15)5-6-12(11)18(3)4/h5-7H,1-4H3,(H,16,19). The Morgan fingerprint density at radius 1 is 1.35 bits per heavy atom. The molecular weight excluding hydrogens is 278 g/mol. The monoisotopic (exact) mass is 293 g/mol. The minimum atomic E-state index is -0.258. The maximum Gasteiger partial charge on any atom is 0.261 e. The van der Waals surface area contributed by atoms with Gasteiger partial charge in [-0.1, -0.05) is 16.8 Å². The Balaban J connectivity index is 2.35. The van der Waals surface area contributed by atoms with Crippen molar-refractivity contribution in [1.82, 2.24) is 5.16 Å². The first-order valence-electron chi connectivity index (χ1n) is 6.11. The van der Waals surface area contributed by atoms with Crippen molar-refractivity contribution in [3.05, 3.63) is 40.2 Å². The van der Waals surface area contributed by atoms with Crippen LogP contribution in [-0.4, -0.2) is 25.2 Å². The summed E-state index contributed by atoms with van der Waals surface area (Å²) >= 11 is 5.99. The Labute approximate surface area is 122 Å². The number of benzene rings is 1. The Morgan fingerprint density at radius 2 is 2.05 bits per heavy atom. The topological polar surface area (TPSA) is 58.4 Å². The van der Waals surface area contributed by atoms with Gasteiger partial charge in [-0.2, -0.15) is 0 Å². The van der Waals surface area contributed by atoms with Crippen LogP contribution < -0.4 is 10.2 Å². The molecule has 106 valence electrons.